The van der Waals surface area contributed by atoms with Gasteiger partial charge in [0.05, 0.1) is 25.4 Å². The van der Waals surface area contributed by atoms with E-state index in [4.69, 9.17) is 9.47 Å². The Morgan fingerprint density at radius 1 is 0.455 bits per heavy atom. The molecule has 0 aromatic heterocycles. The zero-order valence-electron chi connectivity index (χ0n) is 48.7. The lowest BCUT2D eigenvalue weighted by molar-refractivity contribution is -0.302. The normalized spacial score (nSPS) is 19.7. The molecule has 0 saturated carbocycles. The van der Waals surface area contributed by atoms with Crippen LogP contribution in [0, 0.1) is 0 Å². The Morgan fingerprint density at radius 2 is 0.818 bits per heavy atom. The maximum atomic E-state index is 13.1. The van der Waals surface area contributed by atoms with Crippen molar-refractivity contribution in [1.29, 1.82) is 0 Å². The fourth-order valence-corrected chi connectivity index (χ4v) is 8.85. The summed E-state index contributed by atoms with van der Waals surface area (Å²) < 4.78 is 11.3. The number of ether oxygens (including phenoxy) is 2. The molecule has 9 heteroatoms. The van der Waals surface area contributed by atoms with E-state index in [1.807, 2.05) is 6.08 Å². The standard InChI is InChI=1S/C68H113NO8/c1-3-5-7-9-11-13-15-17-19-21-23-24-25-26-27-28-29-30-31-32-33-34-35-36-37-38-40-42-44-46-48-50-52-54-56-58-64(72)69-61(60-76-68-67(75)66(74)65(73)63(59-70)77-68)62(71)57-55-53-51-49-47-45-43-41-39-22-20-18-16-14-12-10-8-6-4-2/h5,7,11,13,17,19,23-24,26-27,29-30,32-33,35-36,39,41,47,49,55,57,61-63,65-68,70-71,73-75H,3-4,6,8-10,12,14-16,18,20-22,25,28,31,34,37-38,40,42-46,48,50-54,56,58-60H2,1-2H3,(H,69,72)/b7-5-,13-11-,19-17-,24-23-,27-26-,30-29-,33-32-,36-35-,41-39+,49-47+,57-55+. The largest absolute Gasteiger partial charge is 0.394 e. The first-order valence-corrected chi connectivity index (χ1v) is 30.9. The van der Waals surface area contributed by atoms with Crippen LogP contribution in [-0.2, 0) is 14.3 Å². The van der Waals surface area contributed by atoms with Crippen molar-refractivity contribution >= 4 is 5.91 Å². The second-order valence-corrected chi connectivity index (χ2v) is 20.7. The monoisotopic (exact) mass is 1070 g/mol. The number of rotatable bonds is 51. The van der Waals surface area contributed by atoms with Crippen LogP contribution in [0.2, 0.25) is 0 Å². The number of aliphatic hydroxyl groups is 5. The van der Waals surface area contributed by atoms with Crippen LogP contribution >= 0.6 is 0 Å². The van der Waals surface area contributed by atoms with Crippen molar-refractivity contribution in [2.45, 2.75) is 275 Å². The van der Waals surface area contributed by atoms with Crippen LogP contribution < -0.4 is 5.32 Å². The molecule has 1 aliphatic heterocycles. The summed E-state index contributed by atoms with van der Waals surface area (Å²) in [5.41, 5.74) is 0. The summed E-state index contributed by atoms with van der Waals surface area (Å²) in [6, 6.07) is -0.840. The Labute approximate surface area is 471 Å². The zero-order valence-corrected chi connectivity index (χ0v) is 48.7. The number of amides is 1. The second kappa shape index (κ2) is 55.6. The molecule has 77 heavy (non-hydrogen) atoms. The van der Waals surface area contributed by atoms with Gasteiger partial charge in [0.2, 0.25) is 5.91 Å². The first-order valence-electron chi connectivity index (χ1n) is 30.9. The lowest BCUT2D eigenvalue weighted by Gasteiger charge is -2.40. The molecule has 1 rings (SSSR count). The van der Waals surface area contributed by atoms with E-state index in [9.17, 15) is 30.3 Å². The Balaban J connectivity index is 2.22. The first-order chi connectivity index (χ1) is 37.8. The molecule has 438 valence electrons. The molecule has 0 aliphatic carbocycles. The van der Waals surface area contributed by atoms with Gasteiger partial charge in [-0.3, -0.25) is 4.79 Å². The zero-order chi connectivity index (χ0) is 55.8. The van der Waals surface area contributed by atoms with Crippen molar-refractivity contribution in [1.82, 2.24) is 5.32 Å². The maximum absolute atomic E-state index is 13.1. The Bertz CT molecular complexity index is 1670. The number of unbranched alkanes of at least 4 members (excludes halogenated alkanes) is 21. The second-order valence-electron chi connectivity index (χ2n) is 20.7. The van der Waals surface area contributed by atoms with Crippen molar-refractivity contribution in [3.8, 4) is 0 Å². The molecule has 0 aromatic rings. The first kappa shape index (κ1) is 71.3. The van der Waals surface area contributed by atoms with Crippen molar-refractivity contribution in [3.05, 3.63) is 134 Å². The van der Waals surface area contributed by atoms with E-state index in [1.165, 1.54) is 96.3 Å². The van der Waals surface area contributed by atoms with Crippen molar-refractivity contribution in [3.63, 3.8) is 0 Å². The molecular formula is C68H113NO8. The quantitative estimate of drug-likeness (QED) is 0.0261. The van der Waals surface area contributed by atoms with E-state index < -0.39 is 49.5 Å². The lowest BCUT2D eigenvalue weighted by atomic mass is 9.99. The van der Waals surface area contributed by atoms with Gasteiger partial charge in [0, 0.05) is 6.42 Å². The number of nitrogens with one attached hydrogen (secondary N) is 1. The minimum absolute atomic E-state index is 0.201. The fourth-order valence-electron chi connectivity index (χ4n) is 8.85. The van der Waals surface area contributed by atoms with Crippen LogP contribution in [0.3, 0.4) is 0 Å². The third kappa shape index (κ3) is 44.8. The Hall–Kier alpha value is -3.67. The minimum Gasteiger partial charge on any atom is -0.394 e. The van der Waals surface area contributed by atoms with E-state index in [2.05, 4.69) is 141 Å². The molecule has 1 aliphatic rings. The highest BCUT2D eigenvalue weighted by Crippen LogP contribution is 2.23. The summed E-state index contributed by atoms with van der Waals surface area (Å²) in [7, 11) is 0. The number of carbonyl (C=O) groups excluding carboxylic acids is 1. The van der Waals surface area contributed by atoms with Crippen LogP contribution in [0.25, 0.3) is 0 Å². The Morgan fingerprint density at radius 3 is 1.25 bits per heavy atom. The molecule has 0 bridgehead atoms. The summed E-state index contributed by atoms with van der Waals surface area (Å²) in [5, 5.41) is 54.5. The minimum atomic E-state index is -1.58. The molecular weight excluding hydrogens is 959 g/mol. The van der Waals surface area contributed by atoms with E-state index in [-0.39, 0.29) is 12.5 Å². The average molecular weight is 1070 g/mol. The molecule has 9 nitrogen and oxygen atoms in total. The highest BCUT2D eigenvalue weighted by atomic mass is 16.7. The number of aliphatic hydroxyl groups excluding tert-OH is 5. The molecule has 0 radical (unpaired) electrons. The summed E-state index contributed by atoms with van der Waals surface area (Å²) in [6.45, 7) is 3.63. The van der Waals surface area contributed by atoms with Gasteiger partial charge in [0.25, 0.3) is 0 Å². The maximum Gasteiger partial charge on any atom is 0.220 e. The SMILES string of the molecule is CC/C=C\C/C=C\C/C=C\C/C=C\C/C=C\C/C=C\C/C=C\C/C=C\CCCCCCCCCCCCC(=O)NC(COC1OC(CO)C(O)C(O)C1O)C(O)/C=C/CC/C=C/CC/C=C/CCCCCCCCCCC. The highest BCUT2D eigenvalue weighted by Gasteiger charge is 2.44. The summed E-state index contributed by atoms with van der Waals surface area (Å²) in [6.07, 6.45) is 78.0. The van der Waals surface area contributed by atoms with Gasteiger partial charge in [-0.15, -0.1) is 0 Å². The number of carbonyl (C=O) groups is 1. The van der Waals surface area contributed by atoms with Crippen LogP contribution in [0.4, 0.5) is 0 Å². The molecule has 1 heterocycles. The average Bonchev–Trinajstić information content (AvgIpc) is 3.43. The van der Waals surface area contributed by atoms with Crippen LogP contribution in [0.15, 0.2) is 134 Å². The van der Waals surface area contributed by atoms with E-state index in [0.29, 0.717) is 6.42 Å². The van der Waals surface area contributed by atoms with Crippen LogP contribution in [0.5, 0.6) is 0 Å². The van der Waals surface area contributed by atoms with Crippen molar-refractivity contribution in [2.24, 2.45) is 0 Å². The van der Waals surface area contributed by atoms with Crippen LogP contribution in [-0.4, -0.2) is 87.5 Å². The molecule has 7 atom stereocenters. The van der Waals surface area contributed by atoms with Crippen LogP contribution in [0.1, 0.15) is 232 Å². The fraction of sp³-hybridized carbons (Fsp3) is 0.662. The van der Waals surface area contributed by atoms with Gasteiger partial charge in [0.15, 0.2) is 6.29 Å². The molecule has 7 unspecified atom stereocenters. The van der Waals surface area contributed by atoms with E-state index in [1.54, 1.807) is 6.08 Å². The predicted molar refractivity (Wildman–Crippen MR) is 327 cm³/mol. The predicted octanol–water partition coefficient (Wildman–Crippen LogP) is 16.1. The van der Waals surface area contributed by atoms with Gasteiger partial charge in [0.1, 0.15) is 24.4 Å². The molecule has 0 aromatic carbocycles. The smallest absolute Gasteiger partial charge is 0.220 e. The molecule has 0 spiro atoms. The molecule has 1 saturated heterocycles. The van der Waals surface area contributed by atoms with E-state index in [0.717, 1.165) is 116 Å². The van der Waals surface area contributed by atoms with Gasteiger partial charge in [-0.25, -0.2) is 0 Å². The summed E-state index contributed by atoms with van der Waals surface area (Å²) in [4.78, 5) is 13.1. The lowest BCUT2D eigenvalue weighted by Crippen LogP contribution is -2.60. The van der Waals surface area contributed by atoms with Gasteiger partial charge in [-0.1, -0.05) is 250 Å². The Kier molecular flexibility index (Phi) is 51.5. The summed E-state index contributed by atoms with van der Waals surface area (Å²) >= 11 is 0. The van der Waals surface area contributed by atoms with Crippen molar-refractivity contribution in [2.75, 3.05) is 13.2 Å². The van der Waals surface area contributed by atoms with Gasteiger partial charge in [-0.2, -0.15) is 0 Å². The molecule has 6 N–H and O–H groups in total. The summed E-state index contributed by atoms with van der Waals surface area (Å²) in [5.74, 6) is -0.201. The van der Waals surface area contributed by atoms with Crippen molar-refractivity contribution < 1.29 is 39.8 Å². The number of hydrogen-bond donors (Lipinski definition) is 6. The van der Waals surface area contributed by atoms with Gasteiger partial charge in [-0.05, 0) is 109 Å². The molecule has 1 fully saturated rings. The third-order valence-corrected chi connectivity index (χ3v) is 13.7. The number of hydrogen-bond acceptors (Lipinski definition) is 8. The third-order valence-electron chi connectivity index (χ3n) is 13.7. The number of allylic oxidation sites excluding steroid dienone is 21. The van der Waals surface area contributed by atoms with E-state index >= 15 is 0 Å². The highest BCUT2D eigenvalue weighted by molar-refractivity contribution is 5.76. The molecule has 1 amide bonds. The van der Waals surface area contributed by atoms with Gasteiger partial charge >= 0.3 is 0 Å². The van der Waals surface area contributed by atoms with Gasteiger partial charge < -0.3 is 40.3 Å². The topological polar surface area (TPSA) is 149 Å².